The minimum absolute atomic E-state index is 0.0117. The number of nitrogens with one attached hydrogen (secondary N) is 1. The maximum absolute atomic E-state index is 13.5. The van der Waals surface area contributed by atoms with E-state index in [0.29, 0.717) is 0 Å². The summed E-state index contributed by atoms with van der Waals surface area (Å²) in [5.74, 6) is -0.589. The lowest BCUT2D eigenvalue weighted by atomic mass is 10.2. The van der Waals surface area contributed by atoms with Crippen molar-refractivity contribution in [2.24, 2.45) is 5.10 Å². The molecule has 0 aliphatic rings. The van der Waals surface area contributed by atoms with E-state index in [1.54, 1.807) is 12.1 Å². The quantitative estimate of drug-likeness (QED) is 0.640. The van der Waals surface area contributed by atoms with Gasteiger partial charge >= 0.3 is 0 Å². The van der Waals surface area contributed by atoms with Crippen LogP contribution in [0.5, 0.6) is 0 Å². The summed E-state index contributed by atoms with van der Waals surface area (Å²) in [6.07, 6.45) is 1.02. The molecular weight excluding hydrogens is 383 g/mol. The molecule has 21 heavy (non-hydrogen) atoms. The maximum Gasteiger partial charge on any atom is 0.276 e. The summed E-state index contributed by atoms with van der Waals surface area (Å²) in [4.78, 5) is 2.04. The number of benzene rings is 2. The van der Waals surface area contributed by atoms with E-state index in [-0.39, 0.29) is 15.5 Å². The first-order valence-corrected chi connectivity index (χ1v) is 8.30. The van der Waals surface area contributed by atoms with Crippen molar-refractivity contribution in [2.45, 2.75) is 4.90 Å². The van der Waals surface area contributed by atoms with Gasteiger partial charge in [-0.15, -0.1) is 0 Å². The van der Waals surface area contributed by atoms with Crippen LogP contribution in [0.4, 0.5) is 4.39 Å². The molecule has 1 N–H and O–H groups in total. The zero-order valence-electron chi connectivity index (χ0n) is 10.4. The average Bonchev–Trinajstić information content (AvgIpc) is 2.42. The zero-order chi connectivity index (χ0) is 15.5. The number of hydrazone groups is 1. The summed E-state index contributed by atoms with van der Waals surface area (Å²) in [6, 6.07) is 10.1. The fourth-order valence-electron chi connectivity index (χ4n) is 1.46. The third-order valence-electron chi connectivity index (χ3n) is 2.49. The Balaban J connectivity index is 2.19. The van der Waals surface area contributed by atoms with Gasteiger partial charge in [-0.2, -0.15) is 13.5 Å². The monoisotopic (exact) mass is 390 g/mol. The van der Waals surface area contributed by atoms with Crippen LogP contribution in [0.1, 0.15) is 5.56 Å². The molecule has 0 bridgehead atoms. The molecular formula is C13H9BrClFN2O2S. The lowest BCUT2D eigenvalue weighted by Crippen LogP contribution is -2.18. The van der Waals surface area contributed by atoms with Crippen molar-refractivity contribution in [1.29, 1.82) is 0 Å². The Morgan fingerprint density at radius 3 is 2.48 bits per heavy atom. The minimum atomic E-state index is -3.81. The van der Waals surface area contributed by atoms with Crippen molar-refractivity contribution in [3.05, 3.63) is 63.3 Å². The maximum atomic E-state index is 13.5. The Hall–Kier alpha value is -1.44. The van der Waals surface area contributed by atoms with E-state index >= 15 is 0 Å². The van der Waals surface area contributed by atoms with Crippen molar-refractivity contribution in [3.63, 3.8) is 0 Å². The number of sulfonamides is 1. The Labute approximate surface area is 134 Å². The minimum Gasteiger partial charge on any atom is -0.206 e. The van der Waals surface area contributed by atoms with Gasteiger partial charge in [0.05, 0.1) is 16.1 Å². The van der Waals surface area contributed by atoms with E-state index in [1.165, 1.54) is 30.3 Å². The number of rotatable bonds is 4. The second-order valence-corrected chi connectivity index (χ2v) is 6.93. The zero-order valence-corrected chi connectivity index (χ0v) is 13.6. The molecule has 0 amide bonds. The molecule has 0 radical (unpaired) electrons. The number of hydrogen-bond donors (Lipinski definition) is 1. The lowest BCUT2D eigenvalue weighted by molar-refractivity contribution is 0.584. The van der Waals surface area contributed by atoms with Gasteiger partial charge in [-0.3, -0.25) is 0 Å². The van der Waals surface area contributed by atoms with Gasteiger partial charge < -0.3 is 0 Å². The average molecular weight is 392 g/mol. The smallest absolute Gasteiger partial charge is 0.206 e. The molecule has 4 nitrogen and oxygen atoms in total. The van der Waals surface area contributed by atoms with Crippen molar-refractivity contribution in [1.82, 2.24) is 4.83 Å². The van der Waals surface area contributed by atoms with Gasteiger partial charge in [-0.05, 0) is 36.4 Å². The summed E-state index contributed by atoms with van der Waals surface area (Å²) in [5.41, 5.74) is 0.0117. The molecule has 110 valence electrons. The van der Waals surface area contributed by atoms with E-state index in [4.69, 9.17) is 11.6 Å². The van der Waals surface area contributed by atoms with E-state index < -0.39 is 15.8 Å². The first-order valence-electron chi connectivity index (χ1n) is 5.64. The van der Waals surface area contributed by atoms with Gasteiger partial charge in [-0.1, -0.05) is 33.6 Å². The fraction of sp³-hybridized carbons (Fsp3) is 0. The van der Waals surface area contributed by atoms with Crippen LogP contribution in [0.25, 0.3) is 0 Å². The van der Waals surface area contributed by atoms with Gasteiger partial charge in [0.2, 0.25) is 0 Å². The van der Waals surface area contributed by atoms with Crippen LogP contribution < -0.4 is 4.83 Å². The van der Waals surface area contributed by atoms with Gasteiger partial charge in [0, 0.05) is 10.0 Å². The second-order valence-electron chi connectivity index (χ2n) is 3.94. The summed E-state index contributed by atoms with van der Waals surface area (Å²) < 4.78 is 38.1. The summed E-state index contributed by atoms with van der Waals surface area (Å²) in [6.45, 7) is 0. The predicted molar refractivity (Wildman–Crippen MR) is 83.5 cm³/mol. The van der Waals surface area contributed by atoms with E-state index in [2.05, 4.69) is 21.0 Å². The molecule has 0 heterocycles. The topological polar surface area (TPSA) is 58.5 Å². The molecule has 8 heteroatoms. The molecule has 2 aromatic rings. The normalized spacial score (nSPS) is 11.8. The molecule has 0 aliphatic heterocycles. The number of halogens is 3. The molecule has 2 aromatic carbocycles. The van der Waals surface area contributed by atoms with Gasteiger partial charge in [0.25, 0.3) is 10.0 Å². The summed E-state index contributed by atoms with van der Waals surface area (Å²) in [7, 11) is -3.81. The van der Waals surface area contributed by atoms with Crippen LogP contribution in [0.2, 0.25) is 5.02 Å². The van der Waals surface area contributed by atoms with Crippen LogP contribution in [-0.4, -0.2) is 14.6 Å². The lowest BCUT2D eigenvalue weighted by Gasteiger charge is -2.04. The largest absolute Gasteiger partial charge is 0.276 e. The number of hydrogen-bond acceptors (Lipinski definition) is 3. The van der Waals surface area contributed by atoms with E-state index in [9.17, 15) is 12.8 Å². The molecule has 0 fully saturated rings. The Morgan fingerprint density at radius 2 is 1.86 bits per heavy atom. The fourth-order valence-corrected chi connectivity index (χ4v) is 2.73. The van der Waals surface area contributed by atoms with E-state index in [1.807, 2.05) is 4.83 Å². The molecule has 0 saturated heterocycles. The Morgan fingerprint density at radius 1 is 1.19 bits per heavy atom. The predicted octanol–water partition coefficient (Wildman–Crippen LogP) is 3.55. The second kappa shape index (κ2) is 6.55. The Kier molecular flexibility index (Phi) is 4.97. The van der Waals surface area contributed by atoms with Crippen molar-refractivity contribution in [2.75, 3.05) is 0 Å². The van der Waals surface area contributed by atoms with Crippen LogP contribution in [-0.2, 0) is 10.0 Å². The first kappa shape index (κ1) is 15.9. The molecule has 0 aromatic heterocycles. The standard InChI is InChI=1S/C13H9BrClFN2O2S/c14-9-4-6-10(7-5-9)21(19,20)18-17-8-11-12(15)2-1-3-13(11)16/h1-8,18H. The third-order valence-corrected chi connectivity index (χ3v) is 4.59. The third kappa shape index (κ3) is 4.03. The van der Waals surface area contributed by atoms with Crippen molar-refractivity contribution < 1.29 is 12.8 Å². The highest BCUT2D eigenvalue weighted by molar-refractivity contribution is 9.10. The van der Waals surface area contributed by atoms with Gasteiger partial charge in [0.15, 0.2) is 0 Å². The first-order chi connectivity index (χ1) is 9.90. The van der Waals surface area contributed by atoms with Gasteiger partial charge in [0.1, 0.15) is 5.82 Å². The summed E-state index contributed by atoms with van der Waals surface area (Å²) in [5, 5.41) is 3.67. The molecule has 0 atom stereocenters. The molecule has 0 unspecified atom stereocenters. The van der Waals surface area contributed by atoms with Crippen LogP contribution in [0, 0.1) is 5.82 Å². The van der Waals surface area contributed by atoms with Gasteiger partial charge in [-0.25, -0.2) is 9.22 Å². The Bertz CT molecular complexity index is 759. The van der Waals surface area contributed by atoms with Crippen molar-refractivity contribution in [3.8, 4) is 0 Å². The number of nitrogens with zero attached hydrogens (tertiary/aromatic N) is 1. The van der Waals surface area contributed by atoms with Crippen LogP contribution in [0.15, 0.2) is 56.9 Å². The molecule has 0 spiro atoms. The molecule has 2 rings (SSSR count). The van der Waals surface area contributed by atoms with Crippen molar-refractivity contribution >= 4 is 43.8 Å². The highest BCUT2D eigenvalue weighted by atomic mass is 79.9. The molecule has 0 saturated carbocycles. The van der Waals surface area contributed by atoms with E-state index in [0.717, 1.165) is 10.7 Å². The highest BCUT2D eigenvalue weighted by Crippen LogP contribution is 2.17. The SMILES string of the molecule is O=S(=O)(NN=Cc1c(F)cccc1Cl)c1ccc(Br)cc1. The summed E-state index contributed by atoms with van der Waals surface area (Å²) >= 11 is 9.01. The van der Waals surface area contributed by atoms with Crippen LogP contribution >= 0.6 is 27.5 Å². The molecule has 0 aliphatic carbocycles. The highest BCUT2D eigenvalue weighted by Gasteiger charge is 2.12. The van der Waals surface area contributed by atoms with Crippen LogP contribution in [0.3, 0.4) is 0 Å².